The van der Waals surface area contributed by atoms with Crippen molar-refractivity contribution in [1.29, 1.82) is 0 Å². The van der Waals surface area contributed by atoms with Crippen LogP contribution in [0.1, 0.15) is 30.4 Å². The highest BCUT2D eigenvalue weighted by Gasteiger charge is 2.39. The third-order valence-corrected chi connectivity index (χ3v) is 5.57. The number of hydrogen-bond acceptors (Lipinski definition) is 3. The Kier molecular flexibility index (Phi) is 3.81. The minimum Gasteiger partial charge on any atom is -0.361 e. The summed E-state index contributed by atoms with van der Waals surface area (Å²) in [6, 6.07) is 7.31. The smallest absolute Gasteiger partial charge is 0.222 e. The number of H-pyrrole nitrogens is 1. The molecule has 0 bridgehead atoms. The van der Waals surface area contributed by atoms with Gasteiger partial charge in [0.1, 0.15) is 0 Å². The highest BCUT2D eigenvalue weighted by molar-refractivity contribution is 7.80. The summed E-state index contributed by atoms with van der Waals surface area (Å²) < 4.78 is 0. The number of likely N-dealkylation sites (tertiary alicyclic amines) is 1. The Morgan fingerprint density at radius 3 is 3.04 bits per heavy atom. The van der Waals surface area contributed by atoms with Crippen LogP contribution in [0.5, 0.6) is 0 Å². The summed E-state index contributed by atoms with van der Waals surface area (Å²) in [6.45, 7) is 2.41. The van der Waals surface area contributed by atoms with Crippen molar-refractivity contribution >= 4 is 34.1 Å². The van der Waals surface area contributed by atoms with Gasteiger partial charge in [0.2, 0.25) is 5.91 Å². The number of likely N-dealkylation sites (N-methyl/N-ethyl adjacent to an activating group) is 1. The summed E-state index contributed by atoms with van der Waals surface area (Å²) in [5.74, 6) is 0.349. The fourth-order valence-electron chi connectivity index (χ4n) is 4.43. The number of rotatable bonds is 1. The maximum absolute atomic E-state index is 11.2. The number of fused-ring (bicyclic) bond motifs is 2. The Balaban J connectivity index is 1.61. The van der Waals surface area contributed by atoms with E-state index in [0.29, 0.717) is 17.1 Å². The topological polar surface area (TPSA) is 60.2 Å². The number of hydrogen-bond donors (Lipinski definition) is 3. The number of carbonyl (C=O) groups is 1. The number of nitrogens with one attached hydrogen (secondary N) is 3. The van der Waals surface area contributed by atoms with E-state index in [1.54, 1.807) is 0 Å². The minimum absolute atomic E-state index is 0.131. The second kappa shape index (κ2) is 5.86. The van der Waals surface area contributed by atoms with Gasteiger partial charge in [-0.3, -0.25) is 4.79 Å². The van der Waals surface area contributed by atoms with Crippen molar-refractivity contribution in [2.24, 2.45) is 0 Å². The first-order chi connectivity index (χ1) is 11.5. The van der Waals surface area contributed by atoms with E-state index in [2.05, 4.69) is 52.0 Å². The second-order valence-electron chi connectivity index (χ2n) is 6.99. The zero-order valence-electron chi connectivity index (χ0n) is 13.9. The van der Waals surface area contributed by atoms with Gasteiger partial charge in [0, 0.05) is 48.6 Å². The first kappa shape index (κ1) is 15.6. The first-order valence-corrected chi connectivity index (χ1v) is 8.81. The molecule has 126 valence electrons. The predicted molar refractivity (Wildman–Crippen MR) is 99.1 cm³/mol. The van der Waals surface area contributed by atoms with E-state index in [1.165, 1.54) is 29.0 Å². The van der Waals surface area contributed by atoms with Crippen molar-refractivity contribution in [2.45, 2.75) is 37.8 Å². The Hall–Kier alpha value is -1.92. The number of amides is 1. The van der Waals surface area contributed by atoms with Crippen molar-refractivity contribution in [3.05, 3.63) is 35.5 Å². The normalized spacial score (nSPS) is 26.0. The lowest BCUT2D eigenvalue weighted by atomic mass is 9.74. The molecule has 1 saturated heterocycles. The van der Waals surface area contributed by atoms with Gasteiger partial charge < -0.3 is 20.5 Å². The molecule has 2 heterocycles. The van der Waals surface area contributed by atoms with Gasteiger partial charge >= 0.3 is 0 Å². The molecule has 2 aliphatic rings. The number of thiocarbonyl (C=S) groups is 1. The molecule has 2 aromatic rings. The summed E-state index contributed by atoms with van der Waals surface area (Å²) >= 11 is 5.24. The van der Waals surface area contributed by atoms with Crippen LogP contribution in [0.15, 0.2) is 24.4 Å². The van der Waals surface area contributed by atoms with E-state index < -0.39 is 0 Å². The molecule has 24 heavy (non-hydrogen) atoms. The zero-order valence-corrected chi connectivity index (χ0v) is 14.7. The van der Waals surface area contributed by atoms with Crippen molar-refractivity contribution in [3.8, 4) is 0 Å². The van der Waals surface area contributed by atoms with Crippen LogP contribution >= 0.6 is 12.2 Å². The summed E-state index contributed by atoms with van der Waals surface area (Å²) in [5, 5.41) is 7.81. The van der Waals surface area contributed by atoms with E-state index in [4.69, 9.17) is 12.2 Å². The quantitative estimate of drug-likeness (QED) is 0.693. The molecule has 5 nitrogen and oxygen atoms in total. The molecule has 6 heteroatoms. The molecule has 1 aliphatic heterocycles. The highest BCUT2D eigenvalue weighted by atomic mass is 32.1. The Morgan fingerprint density at radius 1 is 1.42 bits per heavy atom. The van der Waals surface area contributed by atoms with Crippen LogP contribution in [0.4, 0.5) is 0 Å². The first-order valence-electron chi connectivity index (χ1n) is 8.40. The third-order valence-electron chi connectivity index (χ3n) is 5.35. The number of piperidine rings is 1. The molecule has 1 aromatic carbocycles. The molecule has 1 aliphatic carbocycles. The number of nitrogens with zero attached hydrogens (tertiary/aromatic N) is 1. The molecular weight excluding hydrogens is 320 g/mol. The summed E-state index contributed by atoms with van der Waals surface area (Å²) in [5.41, 5.74) is 4.09. The van der Waals surface area contributed by atoms with Crippen LogP contribution in [-0.4, -0.2) is 46.6 Å². The molecule has 4 rings (SSSR count). The number of carbonyl (C=O) groups excluding carboxylic acids is 1. The lowest BCUT2D eigenvalue weighted by molar-refractivity contribution is -0.117. The van der Waals surface area contributed by atoms with Gasteiger partial charge in [-0.1, -0.05) is 12.1 Å². The Morgan fingerprint density at radius 2 is 2.25 bits per heavy atom. The van der Waals surface area contributed by atoms with Crippen LogP contribution in [0.25, 0.3) is 10.9 Å². The zero-order chi connectivity index (χ0) is 16.8. The summed E-state index contributed by atoms with van der Waals surface area (Å²) in [4.78, 5) is 17.0. The molecule has 3 N–H and O–H groups in total. The molecule has 1 unspecified atom stereocenters. The van der Waals surface area contributed by atoms with Gasteiger partial charge in [-0.05, 0) is 49.3 Å². The van der Waals surface area contributed by atoms with E-state index in [9.17, 15) is 4.79 Å². The fourth-order valence-corrected chi connectivity index (χ4v) is 4.74. The van der Waals surface area contributed by atoms with Crippen molar-refractivity contribution in [2.75, 3.05) is 13.6 Å². The number of aromatic amines is 1. The Labute approximate surface area is 146 Å². The minimum atomic E-state index is -0.131. The number of aromatic nitrogens is 1. The van der Waals surface area contributed by atoms with Crippen molar-refractivity contribution < 1.29 is 4.79 Å². The van der Waals surface area contributed by atoms with Gasteiger partial charge in [-0.15, -0.1) is 0 Å². The average Bonchev–Trinajstić information content (AvgIpc) is 2.92. The maximum atomic E-state index is 11.2. The van der Waals surface area contributed by atoms with Gasteiger partial charge in [0.15, 0.2) is 5.11 Å². The molecule has 1 fully saturated rings. The molecule has 1 aromatic heterocycles. The van der Waals surface area contributed by atoms with Gasteiger partial charge in [-0.2, -0.15) is 0 Å². The predicted octanol–water partition coefficient (Wildman–Crippen LogP) is 1.89. The van der Waals surface area contributed by atoms with Crippen LogP contribution in [0.2, 0.25) is 0 Å². The van der Waals surface area contributed by atoms with Crippen LogP contribution in [0, 0.1) is 0 Å². The molecular formula is C18H22N4OS. The van der Waals surface area contributed by atoms with E-state index in [-0.39, 0.29) is 11.9 Å². The second-order valence-corrected chi connectivity index (χ2v) is 7.40. The van der Waals surface area contributed by atoms with Crippen LogP contribution in [-0.2, 0) is 11.2 Å². The lowest BCUT2D eigenvalue weighted by Gasteiger charge is -2.45. The van der Waals surface area contributed by atoms with Gasteiger partial charge in [0.25, 0.3) is 0 Å². The van der Waals surface area contributed by atoms with Crippen molar-refractivity contribution in [3.63, 3.8) is 0 Å². The standard InChI is InChI=1S/C18H22N4OS/c1-10(23)20-18(24)21-12-7-14-13-4-3-5-15-17(13)11(8-19-15)6-16(14)22(2)9-12/h3-5,8,12,14,16,19H,6-7,9H2,1-2H3,(H2,20,21,23,24)/t12-,14?,16-/m1/s1. The summed E-state index contributed by atoms with van der Waals surface area (Å²) in [7, 11) is 2.19. The molecule has 0 radical (unpaired) electrons. The van der Waals surface area contributed by atoms with E-state index in [0.717, 1.165) is 19.4 Å². The van der Waals surface area contributed by atoms with Crippen LogP contribution < -0.4 is 10.6 Å². The maximum Gasteiger partial charge on any atom is 0.222 e. The lowest BCUT2D eigenvalue weighted by Crippen LogP contribution is -2.56. The molecule has 0 saturated carbocycles. The number of benzene rings is 1. The molecule has 3 atom stereocenters. The third kappa shape index (κ3) is 2.59. The SMILES string of the molecule is CC(=O)NC(=S)N[C@@H]1CC2c3cccc4[nH]cc(c34)C[C@H]2N(C)C1. The van der Waals surface area contributed by atoms with E-state index in [1.807, 2.05) is 0 Å². The van der Waals surface area contributed by atoms with Gasteiger partial charge in [-0.25, -0.2) is 0 Å². The molecule has 0 spiro atoms. The van der Waals surface area contributed by atoms with Gasteiger partial charge in [0.05, 0.1) is 0 Å². The molecule has 1 amide bonds. The largest absolute Gasteiger partial charge is 0.361 e. The van der Waals surface area contributed by atoms with E-state index >= 15 is 0 Å². The highest BCUT2D eigenvalue weighted by Crippen LogP contribution is 2.42. The average molecular weight is 342 g/mol. The monoisotopic (exact) mass is 342 g/mol. The van der Waals surface area contributed by atoms with Crippen molar-refractivity contribution in [1.82, 2.24) is 20.5 Å². The van der Waals surface area contributed by atoms with Crippen LogP contribution in [0.3, 0.4) is 0 Å². The Bertz CT molecular complexity index is 814. The summed E-state index contributed by atoms with van der Waals surface area (Å²) in [6.07, 6.45) is 4.27. The fraction of sp³-hybridized carbons (Fsp3) is 0.444.